The molecule has 2 aromatic carbocycles. The van der Waals surface area contributed by atoms with Crippen molar-refractivity contribution in [3.63, 3.8) is 0 Å². The van der Waals surface area contributed by atoms with Crippen molar-refractivity contribution >= 4 is 49.1 Å². The number of methoxy groups -OCH3 is 1. The van der Waals surface area contributed by atoms with Gasteiger partial charge in [0, 0.05) is 22.1 Å². The zero-order chi connectivity index (χ0) is 14.7. The number of halogens is 4. The summed E-state index contributed by atoms with van der Waals surface area (Å²) in [7, 11) is 1.60. The van der Waals surface area contributed by atoms with Gasteiger partial charge in [-0.25, -0.2) is 4.39 Å². The van der Waals surface area contributed by atoms with Crippen molar-refractivity contribution in [3.8, 4) is 5.75 Å². The van der Waals surface area contributed by atoms with Crippen LogP contribution in [0.2, 0.25) is 5.02 Å². The molecule has 0 saturated carbocycles. The monoisotopic (exact) mass is 421 g/mol. The van der Waals surface area contributed by atoms with Crippen LogP contribution in [0.4, 0.5) is 10.1 Å². The smallest absolute Gasteiger partial charge is 0.135 e. The molecule has 0 saturated heterocycles. The molecular formula is C14H11Br2ClFNO. The molecule has 2 nitrogen and oxygen atoms in total. The van der Waals surface area contributed by atoms with Crippen molar-refractivity contribution < 1.29 is 9.13 Å². The van der Waals surface area contributed by atoms with Crippen molar-refractivity contribution in [2.24, 2.45) is 0 Å². The average molecular weight is 424 g/mol. The van der Waals surface area contributed by atoms with Crippen LogP contribution in [0.3, 0.4) is 0 Å². The quantitative estimate of drug-likeness (QED) is 0.689. The Labute approximate surface area is 138 Å². The summed E-state index contributed by atoms with van der Waals surface area (Å²) in [5.41, 5.74) is 1.62. The second kappa shape index (κ2) is 6.78. The standard InChI is InChI=1S/C14H11Br2ClFNO/c1-20-14-6-13(11(15)5-12(14)16)19-7-8-2-9(17)4-10(18)3-8/h2-6,19H,7H2,1H3. The van der Waals surface area contributed by atoms with Gasteiger partial charge < -0.3 is 10.1 Å². The highest BCUT2D eigenvalue weighted by Gasteiger charge is 2.07. The van der Waals surface area contributed by atoms with Gasteiger partial charge in [0.25, 0.3) is 0 Å². The molecule has 2 aromatic rings. The fourth-order valence-electron chi connectivity index (χ4n) is 1.73. The van der Waals surface area contributed by atoms with Gasteiger partial charge in [-0.1, -0.05) is 11.6 Å². The Bertz CT molecular complexity index is 617. The molecule has 0 atom stereocenters. The maximum absolute atomic E-state index is 13.3. The van der Waals surface area contributed by atoms with E-state index in [0.717, 1.165) is 20.2 Å². The van der Waals surface area contributed by atoms with Gasteiger partial charge in [0.2, 0.25) is 0 Å². The first-order valence-electron chi connectivity index (χ1n) is 5.71. The minimum absolute atomic E-state index is 0.346. The normalized spacial score (nSPS) is 10.4. The lowest BCUT2D eigenvalue weighted by Gasteiger charge is -2.12. The summed E-state index contributed by atoms with van der Waals surface area (Å²) in [5.74, 6) is 0.370. The molecule has 0 aliphatic heterocycles. The topological polar surface area (TPSA) is 21.3 Å². The average Bonchev–Trinajstić information content (AvgIpc) is 2.36. The van der Waals surface area contributed by atoms with E-state index in [-0.39, 0.29) is 5.82 Å². The predicted molar refractivity (Wildman–Crippen MR) is 87.1 cm³/mol. The Morgan fingerprint density at radius 2 is 1.90 bits per heavy atom. The molecule has 0 radical (unpaired) electrons. The third-order valence-electron chi connectivity index (χ3n) is 2.65. The summed E-state index contributed by atoms with van der Waals surface area (Å²) in [6, 6.07) is 8.20. The van der Waals surface area contributed by atoms with Gasteiger partial charge in [-0.15, -0.1) is 0 Å². The molecule has 0 spiro atoms. The van der Waals surface area contributed by atoms with Crippen LogP contribution in [-0.2, 0) is 6.54 Å². The third-order valence-corrected chi connectivity index (χ3v) is 4.14. The Kier molecular flexibility index (Phi) is 5.29. The maximum Gasteiger partial charge on any atom is 0.135 e. The highest BCUT2D eigenvalue weighted by Crippen LogP contribution is 2.34. The van der Waals surface area contributed by atoms with Crippen LogP contribution in [0, 0.1) is 5.82 Å². The molecular weight excluding hydrogens is 412 g/mol. The van der Waals surface area contributed by atoms with E-state index in [9.17, 15) is 4.39 Å². The van der Waals surface area contributed by atoms with Crippen LogP contribution < -0.4 is 10.1 Å². The number of ether oxygens (including phenoxy) is 1. The van der Waals surface area contributed by atoms with Gasteiger partial charge in [-0.05, 0) is 61.7 Å². The summed E-state index contributed by atoms with van der Waals surface area (Å²) < 4.78 is 20.2. The maximum atomic E-state index is 13.3. The summed E-state index contributed by atoms with van der Waals surface area (Å²) in [6.45, 7) is 0.459. The number of hydrogen-bond donors (Lipinski definition) is 1. The molecule has 0 aliphatic rings. The molecule has 0 fully saturated rings. The predicted octanol–water partition coefficient (Wildman–Crippen LogP) is 5.62. The number of hydrogen-bond acceptors (Lipinski definition) is 2. The van der Waals surface area contributed by atoms with Crippen LogP contribution in [0.5, 0.6) is 5.75 Å². The highest BCUT2D eigenvalue weighted by atomic mass is 79.9. The van der Waals surface area contributed by atoms with Crippen LogP contribution in [-0.4, -0.2) is 7.11 Å². The molecule has 6 heteroatoms. The van der Waals surface area contributed by atoms with Gasteiger partial charge in [-0.2, -0.15) is 0 Å². The Morgan fingerprint density at radius 3 is 2.55 bits per heavy atom. The summed E-state index contributed by atoms with van der Waals surface area (Å²) in [4.78, 5) is 0. The first-order valence-corrected chi connectivity index (χ1v) is 7.68. The largest absolute Gasteiger partial charge is 0.495 e. The molecule has 0 aliphatic carbocycles. The van der Waals surface area contributed by atoms with Crippen LogP contribution in [0.15, 0.2) is 39.3 Å². The van der Waals surface area contributed by atoms with E-state index in [4.69, 9.17) is 16.3 Å². The fourth-order valence-corrected chi connectivity index (χ4v) is 3.27. The summed E-state index contributed by atoms with van der Waals surface area (Å²) >= 11 is 12.7. The Hall–Kier alpha value is -0.780. The highest BCUT2D eigenvalue weighted by molar-refractivity contribution is 9.11. The van der Waals surface area contributed by atoms with Crippen LogP contribution in [0.25, 0.3) is 0 Å². The lowest BCUT2D eigenvalue weighted by Crippen LogP contribution is -2.01. The van der Waals surface area contributed by atoms with Crippen molar-refractivity contribution in [1.29, 1.82) is 0 Å². The molecule has 0 bridgehead atoms. The lowest BCUT2D eigenvalue weighted by molar-refractivity contribution is 0.412. The Morgan fingerprint density at radius 1 is 1.15 bits per heavy atom. The molecule has 0 amide bonds. The van der Waals surface area contributed by atoms with E-state index in [0.29, 0.717) is 17.3 Å². The van der Waals surface area contributed by atoms with Crippen molar-refractivity contribution in [1.82, 2.24) is 0 Å². The lowest BCUT2D eigenvalue weighted by atomic mass is 10.2. The zero-order valence-electron chi connectivity index (χ0n) is 10.5. The van der Waals surface area contributed by atoms with Gasteiger partial charge in [0.1, 0.15) is 11.6 Å². The molecule has 0 heterocycles. The molecule has 106 valence electrons. The van der Waals surface area contributed by atoms with Crippen molar-refractivity contribution in [2.75, 3.05) is 12.4 Å². The third kappa shape index (κ3) is 3.87. The van der Waals surface area contributed by atoms with E-state index in [1.165, 1.54) is 12.1 Å². The SMILES string of the molecule is COc1cc(NCc2cc(F)cc(Cl)c2)c(Br)cc1Br. The number of rotatable bonds is 4. The fraction of sp³-hybridized carbons (Fsp3) is 0.143. The minimum atomic E-state index is -0.346. The minimum Gasteiger partial charge on any atom is -0.495 e. The van der Waals surface area contributed by atoms with Gasteiger partial charge in [0.15, 0.2) is 0 Å². The molecule has 1 N–H and O–H groups in total. The first-order chi connectivity index (χ1) is 9.49. The molecule has 0 aromatic heterocycles. The van der Waals surface area contributed by atoms with E-state index in [1.54, 1.807) is 13.2 Å². The first kappa shape index (κ1) is 15.6. The number of nitrogens with one attached hydrogen (secondary N) is 1. The zero-order valence-corrected chi connectivity index (χ0v) is 14.4. The van der Waals surface area contributed by atoms with Gasteiger partial charge in [-0.3, -0.25) is 0 Å². The van der Waals surface area contributed by atoms with E-state index < -0.39 is 0 Å². The van der Waals surface area contributed by atoms with E-state index >= 15 is 0 Å². The number of anilines is 1. The van der Waals surface area contributed by atoms with Crippen LogP contribution in [0.1, 0.15) is 5.56 Å². The van der Waals surface area contributed by atoms with Crippen molar-refractivity contribution in [3.05, 3.63) is 55.7 Å². The molecule has 0 unspecified atom stereocenters. The van der Waals surface area contributed by atoms with Crippen molar-refractivity contribution in [2.45, 2.75) is 6.54 Å². The molecule has 20 heavy (non-hydrogen) atoms. The van der Waals surface area contributed by atoms with Gasteiger partial charge >= 0.3 is 0 Å². The second-order valence-electron chi connectivity index (χ2n) is 4.10. The van der Waals surface area contributed by atoms with Gasteiger partial charge in [0.05, 0.1) is 17.3 Å². The summed E-state index contributed by atoms with van der Waals surface area (Å²) in [6.07, 6.45) is 0. The molecule has 2 rings (SSSR count). The van der Waals surface area contributed by atoms with E-state index in [1.807, 2.05) is 12.1 Å². The van der Waals surface area contributed by atoms with Crippen LogP contribution >= 0.6 is 43.5 Å². The second-order valence-corrected chi connectivity index (χ2v) is 6.24. The summed E-state index contributed by atoms with van der Waals surface area (Å²) in [5, 5.41) is 3.60. The van der Waals surface area contributed by atoms with E-state index in [2.05, 4.69) is 37.2 Å². The Balaban J connectivity index is 2.18. The number of benzene rings is 2.